The molecular weight excluding hydrogens is 266 g/mol. The van der Waals surface area contributed by atoms with Crippen LogP contribution in [0.25, 0.3) is 11.4 Å². The van der Waals surface area contributed by atoms with E-state index in [0.29, 0.717) is 18.3 Å². The number of hydrogen-bond acceptors (Lipinski definition) is 5. The Morgan fingerprint density at radius 3 is 3.00 bits per heavy atom. The molecule has 1 atom stereocenters. The van der Waals surface area contributed by atoms with Crippen LogP contribution in [0.4, 0.5) is 0 Å². The SMILES string of the molecule is OCC1(c2nc(-c3ccc4c(c3)CCC4)no2)CCNC1. The first-order chi connectivity index (χ1) is 10.3. The molecule has 1 aromatic carbocycles. The van der Waals surface area contributed by atoms with Crippen LogP contribution in [0.3, 0.4) is 0 Å². The Morgan fingerprint density at radius 1 is 1.29 bits per heavy atom. The molecule has 1 unspecified atom stereocenters. The highest BCUT2D eigenvalue weighted by atomic mass is 16.5. The average Bonchev–Trinajstić information content (AvgIpc) is 3.25. The Labute approximate surface area is 123 Å². The maximum atomic E-state index is 9.71. The fourth-order valence-electron chi connectivity index (χ4n) is 3.40. The van der Waals surface area contributed by atoms with E-state index in [9.17, 15) is 5.11 Å². The maximum absolute atomic E-state index is 9.71. The van der Waals surface area contributed by atoms with Gasteiger partial charge in [0.2, 0.25) is 11.7 Å². The van der Waals surface area contributed by atoms with Gasteiger partial charge in [0.1, 0.15) is 0 Å². The van der Waals surface area contributed by atoms with Gasteiger partial charge in [0, 0.05) is 12.1 Å². The van der Waals surface area contributed by atoms with Gasteiger partial charge in [-0.25, -0.2) is 0 Å². The second-order valence-corrected chi connectivity index (χ2v) is 6.13. The minimum absolute atomic E-state index is 0.0336. The first-order valence-electron chi connectivity index (χ1n) is 7.59. The number of aliphatic hydroxyl groups excluding tert-OH is 1. The number of aryl methyl sites for hydroxylation is 2. The highest BCUT2D eigenvalue weighted by molar-refractivity contribution is 5.57. The monoisotopic (exact) mass is 285 g/mol. The number of fused-ring (bicyclic) bond motifs is 1. The van der Waals surface area contributed by atoms with Crippen LogP contribution >= 0.6 is 0 Å². The standard InChI is InChI=1S/C16H19N3O2/c20-10-16(6-7-17-9-16)15-18-14(19-21-15)13-5-4-11-2-1-3-12(11)8-13/h4-5,8,17,20H,1-3,6-7,9-10H2. The van der Waals surface area contributed by atoms with Crippen LogP contribution < -0.4 is 5.32 Å². The highest BCUT2D eigenvalue weighted by Crippen LogP contribution is 2.31. The van der Waals surface area contributed by atoms with Crippen molar-refractivity contribution in [1.29, 1.82) is 0 Å². The van der Waals surface area contributed by atoms with Crippen molar-refractivity contribution < 1.29 is 9.63 Å². The van der Waals surface area contributed by atoms with Crippen LogP contribution in [0.2, 0.25) is 0 Å². The van der Waals surface area contributed by atoms with E-state index in [2.05, 4.69) is 33.7 Å². The van der Waals surface area contributed by atoms with Crippen LogP contribution in [0.5, 0.6) is 0 Å². The van der Waals surface area contributed by atoms with E-state index in [4.69, 9.17) is 4.52 Å². The minimum Gasteiger partial charge on any atom is -0.395 e. The minimum atomic E-state index is -0.415. The molecule has 1 fully saturated rings. The van der Waals surface area contributed by atoms with E-state index in [1.807, 2.05) is 0 Å². The molecule has 5 heteroatoms. The molecule has 2 heterocycles. The Kier molecular flexibility index (Phi) is 3.05. The van der Waals surface area contributed by atoms with E-state index >= 15 is 0 Å². The molecule has 0 radical (unpaired) electrons. The van der Waals surface area contributed by atoms with Crippen molar-refractivity contribution in [2.24, 2.45) is 0 Å². The number of rotatable bonds is 3. The Balaban J connectivity index is 1.68. The molecule has 0 bridgehead atoms. The third-order valence-electron chi connectivity index (χ3n) is 4.78. The number of aliphatic hydroxyl groups is 1. The van der Waals surface area contributed by atoms with Gasteiger partial charge in [-0.05, 0) is 49.4 Å². The van der Waals surface area contributed by atoms with Crippen molar-refractivity contribution in [3.8, 4) is 11.4 Å². The summed E-state index contributed by atoms with van der Waals surface area (Å²) >= 11 is 0. The summed E-state index contributed by atoms with van der Waals surface area (Å²) in [4.78, 5) is 4.55. The first-order valence-corrected chi connectivity index (χ1v) is 7.59. The predicted octanol–water partition coefficient (Wildman–Crippen LogP) is 1.45. The van der Waals surface area contributed by atoms with Crippen LogP contribution in [-0.2, 0) is 18.3 Å². The number of aromatic nitrogens is 2. The summed E-state index contributed by atoms with van der Waals surface area (Å²) < 4.78 is 5.46. The zero-order valence-electron chi connectivity index (χ0n) is 11.9. The van der Waals surface area contributed by atoms with E-state index < -0.39 is 5.41 Å². The molecule has 0 spiro atoms. The van der Waals surface area contributed by atoms with Crippen molar-refractivity contribution in [3.05, 3.63) is 35.2 Å². The molecule has 5 nitrogen and oxygen atoms in total. The zero-order valence-corrected chi connectivity index (χ0v) is 11.9. The lowest BCUT2D eigenvalue weighted by atomic mass is 9.88. The predicted molar refractivity (Wildman–Crippen MR) is 78.0 cm³/mol. The summed E-state index contributed by atoms with van der Waals surface area (Å²) in [7, 11) is 0. The largest absolute Gasteiger partial charge is 0.395 e. The summed E-state index contributed by atoms with van der Waals surface area (Å²) in [6.07, 6.45) is 4.37. The first kappa shape index (κ1) is 13.0. The van der Waals surface area contributed by atoms with Crippen LogP contribution in [0.1, 0.15) is 29.9 Å². The van der Waals surface area contributed by atoms with E-state index in [-0.39, 0.29) is 6.61 Å². The van der Waals surface area contributed by atoms with E-state index in [1.54, 1.807) is 0 Å². The Bertz CT molecular complexity index is 659. The molecule has 0 saturated carbocycles. The molecule has 2 aromatic rings. The van der Waals surface area contributed by atoms with Crippen molar-refractivity contribution in [3.63, 3.8) is 0 Å². The summed E-state index contributed by atoms with van der Waals surface area (Å²) in [5, 5.41) is 17.1. The Hall–Kier alpha value is -1.72. The molecule has 21 heavy (non-hydrogen) atoms. The summed E-state index contributed by atoms with van der Waals surface area (Å²) in [6, 6.07) is 6.42. The smallest absolute Gasteiger partial charge is 0.236 e. The number of hydrogen-bond donors (Lipinski definition) is 2. The molecule has 0 amide bonds. The van der Waals surface area contributed by atoms with Gasteiger partial charge in [-0.1, -0.05) is 17.3 Å². The fourth-order valence-corrected chi connectivity index (χ4v) is 3.40. The van der Waals surface area contributed by atoms with Gasteiger partial charge in [0.25, 0.3) is 0 Å². The summed E-state index contributed by atoms with van der Waals surface area (Å²) in [6.45, 7) is 1.60. The normalized spacial score (nSPS) is 24.4. The van der Waals surface area contributed by atoms with Gasteiger partial charge in [-0.2, -0.15) is 4.98 Å². The molecule has 110 valence electrons. The molecule has 1 saturated heterocycles. The fraction of sp³-hybridized carbons (Fsp3) is 0.500. The van der Waals surface area contributed by atoms with Crippen molar-refractivity contribution in [1.82, 2.24) is 15.5 Å². The molecule has 2 N–H and O–H groups in total. The molecule has 1 aliphatic carbocycles. The molecule has 4 rings (SSSR count). The van der Waals surface area contributed by atoms with Gasteiger partial charge in [-0.3, -0.25) is 0 Å². The van der Waals surface area contributed by atoms with Crippen LogP contribution in [0, 0.1) is 0 Å². The van der Waals surface area contributed by atoms with Gasteiger partial charge in [-0.15, -0.1) is 0 Å². The molecule has 1 aromatic heterocycles. The molecule has 2 aliphatic rings. The van der Waals surface area contributed by atoms with Crippen molar-refractivity contribution >= 4 is 0 Å². The second-order valence-electron chi connectivity index (χ2n) is 6.13. The zero-order chi connectivity index (χ0) is 14.3. The number of nitrogens with zero attached hydrogens (tertiary/aromatic N) is 2. The third-order valence-corrected chi connectivity index (χ3v) is 4.78. The van der Waals surface area contributed by atoms with Crippen LogP contribution in [0.15, 0.2) is 22.7 Å². The highest BCUT2D eigenvalue weighted by Gasteiger charge is 2.40. The topological polar surface area (TPSA) is 71.2 Å². The lowest BCUT2D eigenvalue weighted by molar-refractivity contribution is 0.168. The second kappa shape index (κ2) is 4.93. The van der Waals surface area contributed by atoms with E-state index in [0.717, 1.165) is 24.9 Å². The average molecular weight is 285 g/mol. The third kappa shape index (κ3) is 2.08. The number of nitrogens with one attached hydrogen (secondary N) is 1. The maximum Gasteiger partial charge on any atom is 0.236 e. The number of benzene rings is 1. The van der Waals surface area contributed by atoms with E-state index in [1.165, 1.54) is 24.0 Å². The van der Waals surface area contributed by atoms with Gasteiger partial charge >= 0.3 is 0 Å². The van der Waals surface area contributed by atoms with Crippen molar-refractivity contribution in [2.75, 3.05) is 19.7 Å². The summed E-state index contributed by atoms with van der Waals surface area (Å²) in [5.74, 6) is 1.17. The lowest BCUT2D eigenvalue weighted by Gasteiger charge is -2.19. The van der Waals surface area contributed by atoms with Crippen molar-refractivity contribution in [2.45, 2.75) is 31.1 Å². The van der Waals surface area contributed by atoms with Gasteiger partial charge < -0.3 is 14.9 Å². The lowest BCUT2D eigenvalue weighted by Crippen LogP contribution is -2.33. The molecule has 1 aliphatic heterocycles. The van der Waals surface area contributed by atoms with Crippen LogP contribution in [-0.4, -0.2) is 34.9 Å². The quantitative estimate of drug-likeness (QED) is 0.893. The Morgan fingerprint density at radius 2 is 2.19 bits per heavy atom. The molecular formula is C16H19N3O2. The van der Waals surface area contributed by atoms with Gasteiger partial charge in [0.15, 0.2) is 0 Å². The summed E-state index contributed by atoms with van der Waals surface area (Å²) in [5.41, 5.74) is 3.43. The van der Waals surface area contributed by atoms with Gasteiger partial charge in [0.05, 0.1) is 12.0 Å².